The fraction of sp³-hybridized carbons (Fsp3) is 0.450. The van der Waals surface area contributed by atoms with Crippen LogP contribution in [0.15, 0.2) is 40.9 Å². The summed E-state index contributed by atoms with van der Waals surface area (Å²) < 4.78 is 5.15. The Kier molecular flexibility index (Phi) is 7.31. The highest BCUT2D eigenvalue weighted by Gasteiger charge is 2.45. The van der Waals surface area contributed by atoms with Crippen LogP contribution >= 0.6 is 0 Å². The molecule has 1 amide bonds. The summed E-state index contributed by atoms with van der Waals surface area (Å²) in [4.78, 5) is 24.8. The van der Waals surface area contributed by atoms with E-state index >= 15 is 0 Å². The van der Waals surface area contributed by atoms with Crippen LogP contribution in [0.1, 0.15) is 23.4 Å². The maximum Gasteiger partial charge on any atom is 0.290 e. The summed E-state index contributed by atoms with van der Waals surface area (Å²) in [5, 5.41) is 22.1. The van der Waals surface area contributed by atoms with Gasteiger partial charge in [0.2, 0.25) is 5.91 Å². The van der Waals surface area contributed by atoms with Crippen molar-refractivity contribution in [2.45, 2.75) is 31.4 Å². The van der Waals surface area contributed by atoms with Crippen molar-refractivity contribution in [1.29, 1.82) is 0 Å². The number of carboxylic acid groups (broad SMARTS) is 1. The number of likely N-dealkylation sites (tertiary alicyclic amines) is 1. The van der Waals surface area contributed by atoms with Crippen LogP contribution in [-0.4, -0.2) is 70.8 Å². The summed E-state index contributed by atoms with van der Waals surface area (Å²) in [5.41, 5.74) is 0.697. The molecule has 1 aliphatic rings. The standard InChI is InChI=1S/C19H25N3O3.CH2O2/c1-14-11-16(25-20-14)12-18(23)22-10-9-19(24,17(13-22)21(2)3)15-7-5-4-6-8-15;2-1-3/h4-8,11,17,24H,9-10,12-13H2,1-3H3;1H,(H,2,3)/t17-,19+;/m1./s1. The molecule has 2 N–H and O–H groups in total. The van der Waals surface area contributed by atoms with Gasteiger partial charge in [0.05, 0.1) is 18.2 Å². The molecule has 0 radical (unpaired) electrons. The first-order valence-corrected chi connectivity index (χ1v) is 9.04. The number of benzene rings is 1. The van der Waals surface area contributed by atoms with E-state index < -0.39 is 5.60 Å². The molecule has 8 heteroatoms. The number of nitrogens with zero attached hydrogens (tertiary/aromatic N) is 3. The van der Waals surface area contributed by atoms with Crippen molar-refractivity contribution in [2.24, 2.45) is 0 Å². The third-order valence-corrected chi connectivity index (χ3v) is 4.96. The second-order valence-corrected chi connectivity index (χ2v) is 7.08. The lowest BCUT2D eigenvalue weighted by Gasteiger charge is -2.47. The number of likely N-dealkylation sites (N-methyl/N-ethyl adjacent to an activating group) is 1. The number of aromatic nitrogens is 1. The lowest BCUT2D eigenvalue weighted by molar-refractivity contribution is -0.141. The second kappa shape index (κ2) is 9.48. The highest BCUT2D eigenvalue weighted by Crippen LogP contribution is 2.35. The maximum atomic E-state index is 12.6. The Labute approximate surface area is 164 Å². The van der Waals surface area contributed by atoms with Gasteiger partial charge in [0.25, 0.3) is 6.47 Å². The third kappa shape index (κ3) is 4.96. The molecule has 2 atom stereocenters. The molecule has 8 nitrogen and oxygen atoms in total. The Bertz CT molecular complexity index is 777. The average molecular weight is 389 g/mol. The van der Waals surface area contributed by atoms with E-state index in [1.54, 1.807) is 11.0 Å². The maximum absolute atomic E-state index is 12.6. The van der Waals surface area contributed by atoms with Gasteiger partial charge in [0.1, 0.15) is 11.4 Å². The number of aliphatic hydroxyl groups is 1. The SMILES string of the molecule is Cc1cc(CC(=O)N2CC[C@](O)(c3ccccc3)[C@H](N(C)C)C2)on1.O=CO. The van der Waals surface area contributed by atoms with E-state index in [0.717, 1.165) is 11.3 Å². The molecule has 0 spiro atoms. The summed E-state index contributed by atoms with van der Waals surface area (Å²) in [7, 11) is 3.87. The fourth-order valence-electron chi connectivity index (χ4n) is 3.56. The molecule has 3 rings (SSSR count). The zero-order valence-corrected chi connectivity index (χ0v) is 16.4. The monoisotopic (exact) mass is 389 g/mol. The number of rotatable bonds is 4. The van der Waals surface area contributed by atoms with Gasteiger partial charge in [-0.3, -0.25) is 9.59 Å². The van der Waals surface area contributed by atoms with Gasteiger partial charge in [-0.15, -0.1) is 0 Å². The molecule has 1 fully saturated rings. The van der Waals surface area contributed by atoms with Crippen molar-refractivity contribution in [3.05, 3.63) is 53.4 Å². The Hall–Kier alpha value is -2.71. The third-order valence-electron chi connectivity index (χ3n) is 4.96. The Balaban J connectivity index is 0.000000878. The van der Waals surface area contributed by atoms with E-state index in [1.807, 2.05) is 56.3 Å². The molecular weight excluding hydrogens is 362 g/mol. The van der Waals surface area contributed by atoms with Gasteiger partial charge in [-0.25, -0.2) is 0 Å². The van der Waals surface area contributed by atoms with Crippen molar-refractivity contribution in [3.63, 3.8) is 0 Å². The Morgan fingerprint density at radius 1 is 1.39 bits per heavy atom. The molecule has 0 aliphatic carbocycles. The predicted octanol–water partition coefficient (Wildman–Crippen LogP) is 1.28. The predicted molar refractivity (Wildman–Crippen MR) is 103 cm³/mol. The van der Waals surface area contributed by atoms with Crippen molar-refractivity contribution in [2.75, 3.05) is 27.2 Å². The molecule has 0 bridgehead atoms. The van der Waals surface area contributed by atoms with Crippen LogP contribution in [0.4, 0.5) is 0 Å². The highest BCUT2D eigenvalue weighted by molar-refractivity contribution is 5.78. The van der Waals surface area contributed by atoms with Crippen molar-refractivity contribution in [1.82, 2.24) is 15.0 Å². The molecule has 1 aliphatic heterocycles. The lowest BCUT2D eigenvalue weighted by Crippen LogP contribution is -2.60. The summed E-state index contributed by atoms with van der Waals surface area (Å²) in [6, 6.07) is 11.3. The van der Waals surface area contributed by atoms with Crippen molar-refractivity contribution >= 4 is 12.4 Å². The molecule has 1 aromatic heterocycles. The van der Waals surface area contributed by atoms with Gasteiger partial charge in [-0.05, 0) is 33.0 Å². The number of carbonyl (C=O) groups is 2. The van der Waals surface area contributed by atoms with E-state index in [2.05, 4.69) is 5.16 Å². The van der Waals surface area contributed by atoms with Crippen molar-refractivity contribution < 1.29 is 24.3 Å². The number of hydrogen-bond donors (Lipinski definition) is 2. The van der Waals surface area contributed by atoms with Crippen LogP contribution in [0.3, 0.4) is 0 Å². The van der Waals surface area contributed by atoms with E-state index in [0.29, 0.717) is 25.3 Å². The molecule has 2 aromatic rings. The first kappa shape index (κ1) is 21.6. The largest absolute Gasteiger partial charge is 0.483 e. The second-order valence-electron chi connectivity index (χ2n) is 7.08. The first-order valence-electron chi connectivity index (χ1n) is 9.04. The molecule has 1 aromatic carbocycles. The molecule has 152 valence electrons. The van der Waals surface area contributed by atoms with Gasteiger partial charge >= 0.3 is 0 Å². The topological polar surface area (TPSA) is 107 Å². The van der Waals surface area contributed by atoms with Crippen LogP contribution in [0.2, 0.25) is 0 Å². The number of amides is 1. The van der Waals surface area contributed by atoms with Gasteiger partial charge in [0.15, 0.2) is 0 Å². The molecule has 1 saturated heterocycles. The molecule has 2 heterocycles. The fourth-order valence-corrected chi connectivity index (χ4v) is 3.56. The van der Waals surface area contributed by atoms with Gasteiger partial charge in [-0.2, -0.15) is 0 Å². The number of aryl methyl sites for hydroxylation is 1. The molecule has 0 unspecified atom stereocenters. The normalized spacial score (nSPS) is 21.8. The quantitative estimate of drug-likeness (QED) is 0.759. The zero-order valence-electron chi connectivity index (χ0n) is 16.4. The number of hydrogen-bond acceptors (Lipinski definition) is 6. The summed E-state index contributed by atoms with van der Waals surface area (Å²) in [5.74, 6) is 0.575. The molecular formula is C20H27N3O5. The van der Waals surface area contributed by atoms with Gasteiger partial charge in [-0.1, -0.05) is 35.5 Å². The summed E-state index contributed by atoms with van der Waals surface area (Å²) >= 11 is 0. The summed E-state index contributed by atoms with van der Waals surface area (Å²) in [6.45, 7) is 2.58. The Morgan fingerprint density at radius 2 is 2.04 bits per heavy atom. The zero-order chi connectivity index (χ0) is 20.7. The van der Waals surface area contributed by atoms with Crippen LogP contribution in [0, 0.1) is 6.92 Å². The van der Waals surface area contributed by atoms with Gasteiger partial charge < -0.3 is 24.5 Å². The highest BCUT2D eigenvalue weighted by atomic mass is 16.5. The van der Waals surface area contributed by atoms with E-state index in [4.69, 9.17) is 14.4 Å². The molecule has 28 heavy (non-hydrogen) atoms. The smallest absolute Gasteiger partial charge is 0.290 e. The number of carbonyl (C=O) groups excluding carboxylic acids is 1. The van der Waals surface area contributed by atoms with Crippen LogP contribution < -0.4 is 0 Å². The van der Waals surface area contributed by atoms with Crippen molar-refractivity contribution in [3.8, 4) is 0 Å². The number of piperidine rings is 1. The summed E-state index contributed by atoms with van der Waals surface area (Å²) in [6.07, 6.45) is 0.700. The van der Waals surface area contributed by atoms with Crippen LogP contribution in [0.5, 0.6) is 0 Å². The van der Waals surface area contributed by atoms with Crippen LogP contribution in [-0.2, 0) is 21.6 Å². The van der Waals surface area contributed by atoms with Crippen LogP contribution in [0.25, 0.3) is 0 Å². The van der Waals surface area contributed by atoms with E-state index in [9.17, 15) is 9.90 Å². The average Bonchev–Trinajstić information content (AvgIpc) is 3.08. The van der Waals surface area contributed by atoms with E-state index in [-0.39, 0.29) is 24.8 Å². The minimum Gasteiger partial charge on any atom is -0.483 e. The minimum absolute atomic E-state index is 0.00175. The lowest BCUT2D eigenvalue weighted by atomic mass is 9.79. The first-order chi connectivity index (χ1) is 13.3. The molecule has 0 saturated carbocycles. The van der Waals surface area contributed by atoms with Gasteiger partial charge in [0, 0.05) is 19.2 Å². The van der Waals surface area contributed by atoms with E-state index in [1.165, 1.54) is 0 Å². The minimum atomic E-state index is -0.968. The Morgan fingerprint density at radius 3 is 2.57 bits per heavy atom.